The van der Waals surface area contributed by atoms with Crippen LogP contribution in [0.15, 0.2) is 47.1 Å². The minimum absolute atomic E-state index is 0.00244. The summed E-state index contributed by atoms with van der Waals surface area (Å²) < 4.78 is 10.1. The summed E-state index contributed by atoms with van der Waals surface area (Å²) in [5, 5.41) is 11.7. The average molecular weight is 393 g/mol. The molecule has 26 heavy (non-hydrogen) atoms. The predicted molar refractivity (Wildman–Crippen MR) is 96.7 cm³/mol. The number of carbonyl (C=O) groups is 1. The summed E-state index contributed by atoms with van der Waals surface area (Å²) in [5.41, 5.74) is 0.505. The van der Waals surface area contributed by atoms with Crippen LogP contribution < -0.4 is 4.74 Å². The Kier molecular flexibility index (Phi) is 4.92. The van der Waals surface area contributed by atoms with Crippen molar-refractivity contribution in [1.82, 2.24) is 0 Å². The van der Waals surface area contributed by atoms with E-state index in [1.54, 1.807) is 18.2 Å². The van der Waals surface area contributed by atoms with Crippen molar-refractivity contribution < 1.29 is 19.2 Å². The summed E-state index contributed by atoms with van der Waals surface area (Å²) in [6.45, 7) is 0. The van der Waals surface area contributed by atoms with Gasteiger partial charge in [0.05, 0.1) is 22.1 Å². The highest BCUT2D eigenvalue weighted by molar-refractivity contribution is 6.43. The number of halogens is 2. The molecule has 0 radical (unpaired) electrons. The molecule has 0 N–H and O–H groups in total. The number of nitro groups is 1. The maximum Gasteiger partial charge on any atom is 0.363 e. The molecule has 0 aliphatic carbocycles. The van der Waals surface area contributed by atoms with Gasteiger partial charge in [0.2, 0.25) is 5.90 Å². The summed E-state index contributed by atoms with van der Waals surface area (Å²) in [6.07, 6.45) is 1.43. The second-order valence-corrected chi connectivity index (χ2v) is 5.91. The molecule has 3 rings (SSSR count). The van der Waals surface area contributed by atoms with Crippen LogP contribution in [0.5, 0.6) is 5.75 Å². The zero-order valence-corrected chi connectivity index (χ0v) is 14.7. The highest BCUT2D eigenvalue weighted by atomic mass is 35.5. The standard InChI is InChI=1S/C17H10Cl2N2O5/c1-25-14-6-5-10(8-13(14)21(23)24)16-20-12(17(22)26-16)7-9-3-2-4-11(18)15(9)19/h2-8H,1H3/b12-7+. The van der Waals surface area contributed by atoms with Crippen LogP contribution >= 0.6 is 23.2 Å². The third-order valence-electron chi connectivity index (χ3n) is 3.52. The molecule has 0 aromatic heterocycles. The number of ether oxygens (including phenoxy) is 2. The highest BCUT2D eigenvalue weighted by Crippen LogP contribution is 2.31. The molecular formula is C17H10Cl2N2O5. The van der Waals surface area contributed by atoms with Gasteiger partial charge >= 0.3 is 11.7 Å². The van der Waals surface area contributed by atoms with E-state index in [0.717, 1.165) is 0 Å². The lowest BCUT2D eigenvalue weighted by Gasteiger charge is -2.03. The van der Waals surface area contributed by atoms with E-state index in [2.05, 4.69) is 4.99 Å². The van der Waals surface area contributed by atoms with Gasteiger partial charge in [-0.2, -0.15) is 0 Å². The first-order valence-corrected chi connectivity index (χ1v) is 7.95. The smallest absolute Gasteiger partial charge is 0.363 e. The van der Waals surface area contributed by atoms with Gasteiger partial charge in [0.1, 0.15) is 0 Å². The van der Waals surface area contributed by atoms with Crippen molar-refractivity contribution in [2.45, 2.75) is 0 Å². The monoisotopic (exact) mass is 392 g/mol. The molecule has 7 nitrogen and oxygen atoms in total. The number of cyclic esters (lactones) is 1. The first kappa shape index (κ1) is 17.9. The number of carbonyl (C=O) groups excluding carboxylic acids is 1. The van der Waals surface area contributed by atoms with Crippen molar-refractivity contribution in [1.29, 1.82) is 0 Å². The van der Waals surface area contributed by atoms with Crippen molar-refractivity contribution in [3.8, 4) is 5.75 Å². The SMILES string of the molecule is COc1ccc(C2=N/C(=C/c3cccc(Cl)c3Cl)C(=O)O2)cc1[N+](=O)[O-]. The topological polar surface area (TPSA) is 91.0 Å². The van der Waals surface area contributed by atoms with Gasteiger partial charge in [-0.3, -0.25) is 10.1 Å². The molecule has 1 aliphatic heterocycles. The van der Waals surface area contributed by atoms with Crippen molar-refractivity contribution >= 4 is 46.8 Å². The highest BCUT2D eigenvalue weighted by Gasteiger charge is 2.27. The summed E-state index contributed by atoms with van der Waals surface area (Å²) in [7, 11) is 1.32. The van der Waals surface area contributed by atoms with Gasteiger partial charge in [0.25, 0.3) is 0 Å². The zero-order chi connectivity index (χ0) is 18.8. The van der Waals surface area contributed by atoms with Crippen molar-refractivity contribution in [2.24, 2.45) is 4.99 Å². The molecular weight excluding hydrogens is 383 g/mol. The lowest BCUT2D eigenvalue weighted by Crippen LogP contribution is -2.06. The van der Waals surface area contributed by atoms with E-state index in [1.807, 2.05) is 0 Å². The molecule has 0 saturated heterocycles. The Labute approximate surface area is 157 Å². The van der Waals surface area contributed by atoms with Crippen LogP contribution in [-0.2, 0) is 9.53 Å². The van der Waals surface area contributed by atoms with E-state index in [-0.39, 0.29) is 33.6 Å². The zero-order valence-electron chi connectivity index (χ0n) is 13.2. The average Bonchev–Trinajstić information content (AvgIpc) is 2.99. The Morgan fingerprint density at radius 2 is 2.04 bits per heavy atom. The molecule has 0 atom stereocenters. The number of aliphatic imine (C=N–C) groups is 1. The van der Waals surface area contributed by atoms with Crippen molar-refractivity contribution in [3.05, 3.63) is 73.4 Å². The lowest BCUT2D eigenvalue weighted by atomic mass is 10.2. The quantitative estimate of drug-likeness (QED) is 0.335. The van der Waals surface area contributed by atoms with Crippen LogP contribution in [0.25, 0.3) is 6.08 Å². The summed E-state index contributed by atoms with van der Waals surface area (Å²) in [6, 6.07) is 9.09. The van der Waals surface area contributed by atoms with E-state index in [4.69, 9.17) is 32.7 Å². The van der Waals surface area contributed by atoms with Gasteiger partial charge in [-0.15, -0.1) is 0 Å². The van der Waals surface area contributed by atoms with Gasteiger partial charge in [-0.25, -0.2) is 9.79 Å². The largest absolute Gasteiger partial charge is 0.490 e. The summed E-state index contributed by atoms with van der Waals surface area (Å²) >= 11 is 12.0. The van der Waals surface area contributed by atoms with Crippen LogP contribution in [0, 0.1) is 10.1 Å². The molecule has 0 fully saturated rings. The fourth-order valence-electron chi connectivity index (χ4n) is 2.28. The minimum Gasteiger partial charge on any atom is -0.490 e. The Balaban J connectivity index is 2.01. The number of methoxy groups -OCH3 is 1. The molecule has 1 aliphatic rings. The third kappa shape index (κ3) is 3.40. The molecule has 132 valence electrons. The molecule has 0 amide bonds. The molecule has 9 heteroatoms. The van der Waals surface area contributed by atoms with Crippen molar-refractivity contribution in [2.75, 3.05) is 7.11 Å². The van der Waals surface area contributed by atoms with E-state index in [0.29, 0.717) is 10.6 Å². The normalized spacial score (nSPS) is 15.0. The van der Waals surface area contributed by atoms with Crippen LogP contribution in [0.1, 0.15) is 11.1 Å². The Morgan fingerprint density at radius 1 is 1.27 bits per heavy atom. The van der Waals surface area contributed by atoms with E-state index in [9.17, 15) is 14.9 Å². The number of hydrogen-bond acceptors (Lipinski definition) is 6. The number of rotatable bonds is 4. The minimum atomic E-state index is -0.700. The molecule has 1 heterocycles. The molecule has 0 bridgehead atoms. The molecule has 0 spiro atoms. The fourth-order valence-corrected chi connectivity index (χ4v) is 2.64. The second kappa shape index (κ2) is 7.15. The number of hydrogen-bond donors (Lipinski definition) is 0. The Morgan fingerprint density at radius 3 is 2.73 bits per heavy atom. The van der Waals surface area contributed by atoms with E-state index in [1.165, 1.54) is 31.4 Å². The molecule has 0 saturated carbocycles. The fraction of sp³-hybridized carbons (Fsp3) is 0.0588. The predicted octanol–water partition coefficient (Wildman–Crippen LogP) is 4.25. The first-order valence-electron chi connectivity index (χ1n) is 7.20. The van der Waals surface area contributed by atoms with Gasteiger partial charge in [-0.1, -0.05) is 35.3 Å². The van der Waals surface area contributed by atoms with E-state index >= 15 is 0 Å². The van der Waals surface area contributed by atoms with Gasteiger partial charge in [-0.05, 0) is 29.8 Å². The Bertz CT molecular complexity index is 985. The molecule has 0 unspecified atom stereocenters. The maximum atomic E-state index is 12.1. The Hall–Kier alpha value is -2.90. The van der Waals surface area contributed by atoms with Crippen LogP contribution in [0.2, 0.25) is 10.0 Å². The van der Waals surface area contributed by atoms with Gasteiger partial charge in [0.15, 0.2) is 11.4 Å². The molecule has 2 aromatic carbocycles. The number of nitrogens with zero attached hydrogens (tertiary/aromatic N) is 2. The lowest BCUT2D eigenvalue weighted by molar-refractivity contribution is -0.385. The van der Waals surface area contributed by atoms with Crippen LogP contribution in [0.4, 0.5) is 5.69 Å². The van der Waals surface area contributed by atoms with Gasteiger partial charge in [0, 0.05) is 11.6 Å². The van der Waals surface area contributed by atoms with Crippen LogP contribution in [0.3, 0.4) is 0 Å². The van der Waals surface area contributed by atoms with E-state index < -0.39 is 10.9 Å². The maximum absolute atomic E-state index is 12.1. The second-order valence-electron chi connectivity index (χ2n) is 5.12. The van der Waals surface area contributed by atoms with Gasteiger partial charge < -0.3 is 9.47 Å². The van der Waals surface area contributed by atoms with Crippen LogP contribution in [-0.4, -0.2) is 23.9 Å². The number of esters is 1. The number of benzene rings is 2. The van der Waals surface area contributed by atoms with Crippen molar-refractivity contribution in [3.63, 3.8) is 0 Å². The summed E-state index contributed by atoms with van der Waals surface area (Å²) in [4.78, 5) is 26.7. The summed E-state index contributed by atoms with van der Waals surface area (Å²) in [5.74, 6) is -0.662. The number of nitro benzene ring substituents is 1. The molecule has 2 aromatic rings. The first-order chi connectivity index (χ1) is 12.4. The third-order valence-corrected chi connectivity index (χ3v) is 4.35.